The molecule has 0 saturated carbocycles. The van der Waals surface area contributed by atoms with Crippen molar-refractivity contribution in [1.29, 1.82) is 0 Å². The van der Waals surface area contributed by atoms with Gasteiger partial charge in [0.1, 0.15) is 5.01 Å². The molecule has 0 atom stereocenters. The predicted octanol–water partition coefficient (Wildman–Crippen LogP) is 3.83. The third-order valence-electron chi connectivity index (χ3n) is 2.86. The summed E-state index contributed by atoms with van der Waals surface area (Å²) in [4.78, 5) is 16.6. The number of rotatable bonds is 3. The number of carbonyl (C=O) groups is 1. The fourth-order valence-corrected chi connectivity index (χ4v) is 3.43. The molecule has 2 aromatic carbocycles. The van der Waals surface area contributed by atoms with Gasteiger partial charge in [-0.05, 0) is 46.9 Å². The van der Waals surface area contributed by atoms with Crippen molar-refractivity contribution in [3.8, 4) is 0 Å². The van der Waals surface area contributed by atoms with Gasteiger partial charge in [0.05, 0.1) is 22.3 Å². The molecule has 3 aromatic rings. The van der Waals surface area contributed by atoms with Crippen molar-refractivity contribution < 1.29 is 4.79 Å². The summed E-state index contributed by atoms with van der Waals surface area (Å²) in [6.07, 6.45) is 0. The van der Waals surface area contributed by atoms with Crippen LogP contribution in [0.3, 0.4) is 0 Å². The average Bonchev–Trinajstić information content (AvgIpc) is 2.88. The Labute approximate surface area is 134 Å². The van der Waals surface area contributed by atoms with Crippen LogP contribution in [0.1, 0.15) is 15.4 Å². The van der Waals surface area contributed by atoms with Crippen LogP contribution in [-0.4, -0.2) is 10.9 Å². The second-order valence-electron chi connectivity index (χ2n) is 4.24. The fraction of sp³-hybridized carbons (Fsp3) is 0.0667. The van der Waals surface area contributed by atoms with Crippen molar-refractivity contribution in [1.82, 2.24) is 10.3 Å². The minimum Gasteiger partial charge on any atom is -0.345 e. The van der Waals surface area contributed by atoms with Gasteiger partial charge in [-0.2, -0.15) is 0 Å². The van der Waals surface area contributed by atoms with E-state index < -0.39 is 0 Å². The largest absolute Gasteiger partial charge is 0.345 e. The molecule has 0 saturated heterocycles. The van der Waals surface area contributed by atoms with Crippen molar-refractivity contribution in [2.45, 2.75) is 6.54 Å². The standard InChI is InChI=1S/C15H11IN2OS/c16-11-6-2-1-5-10(11)15(19)17-9-14-18-12-7-3-4-8-13(12)20-14/h1-8H,9H2,(H,17,19). The topological polar surface area (TPSA) is 42.0 Å². The SMILES string of the molecule is O=C(NCc1nc2ccccc2s1)c1ccccc1I. The summed E-state index contributed by atoms with van der Waals surface area (Å²) in [5.41, 5.74) is 1.69. The molecule has 5 heteroatoms. The highest BCUT2D eigenvalue weighted by Gasteiger charge is 2.10. The summed E-state index contributed by atoms with van der Waals surface area (Å²) >= 11 is 3.78. The van der Waals surface area contributed by atoms with Crippen LogP contribution in [0.5, 0.6) is 0 Å². The first-order valence-corrected chi connectivity index (χ1v) is 8.01. The molecule has 0 spiro atoms. The number of nitrogens with zero attached hydrogens (tertiary/aromatic N) is 1. The van der Waals surface area contributed by atoms with Crippen LogP contribution < -0.4 is 5.32 Å². The van der Waals surface area contributed by atoms with Gasteiger partial charge in [-0.25, -0.2) is 4.98 Å². The Morgan fingerprint density at radius 1 is 1.15 bits per heavy atom. The minimum absolute atomic E-state index is 0.0609. The first-order chi connectivity index (χ1) is 9.74. The van der Waals surface area contributed by atoms with Crippen molar-refractivity contribution in [2.75, 3.05) is 0 Å². The molecule has 1 heterocycles. The Kier molecular flexibility index (Phi) is 3.98. The summed E-state index contributed by atoms with van der Waals surface area (Å²) in [6.45, 7) is 0.461. The van der Waals surface area contributed by atoms with Gasteiger partial charge in [-0.3, -0.25) is 4.79 Å². The highest BCUT2D eigenvalue weighted by Crippen LogP contribution is 2.21. The lowest BCUT2D eigenvalue weighted by atomic mass is 10.2. The summed E-state index contributed by atoms with van der Waals surface area (Å²) in [7, 11) is 0. The molecule has 0 fully saturated rings. The molecule has 20 heavy (non-hydrogen) atoms. The summed E-state index contributed by atoms with van der Waals surface area (Å²) in [5.74, 6) is -0.0609. The van der Waals surface area contributed by atoms with E-state index in [4.69, 9.17) is 0 Å². The quantitative estimate of drug-likeness (QED) is 0.687. The van der Waals surface area contributed by atoms with Crippen LogP contribution >= 0.6 is 33.9 Å². The smallest absolute Gasteiger partial charge is 0.252 e. The van der Waals surface area contributed by atoms with E-state index in [0.717, 1.165) is 18.8 Å². The lowest BCUT2D eigenvalue weighted by Gasteiger charge is -2.04. The van der Waals surface area contributed by atoms with E-state index in [1.165, 1.54) is 0 Å². The summed E-state index contributed by atoms with van der Waals surface area (Å²) in [6, 6.07) is 15.5. The molecule has 0 bridgehead atoms. The number of fused-ring (bicyclic) bond motifs is 1. The second kappa shape index (κ2) is 5.88. The minimum atomic E-state index is -0.0609. The van der Waals surface area contributed by atoms with E-state index in [1.54, 1.807) is 11.3 Å². The van der Waals surface area contributed by atoms with E-state index in [1.807, 2.05) is 48.5 Å². The van der Waals surface area contributed by atoms with E-state index in [2.05, 4.69) is 32.9 Å². The molecule has 0 aliphatic rings. The number of amides is 1. The van der Waals surface area contributed by atoms with Gasteiger partial charge < -0.3 is 5.32 Å². The van der Waals surface area contributed by atoms with E-state index in [0.29, 0.717) is 12.1 Å². The van der Waals surface area contributed by atoms with Crippen LogP contribution in [0.15, 0.2) is 48.5 Å². The molecule has 3 rings (SSSR count). The molecular weight excluding hydrogens is 383 g/mol. The number of halogens is 1. The first-order valence-electron chi connectivity index (χ1n) is 6.11. The number of thiazole rings is 1. The van der Waals surface area contributed by atoms with Crippen molar-refractivity contribution in [3.05, 3.63) is 62.7 Å². The normalized spacial score (nSPS) is 10.7. The molecular formula is C15H11IN2OS. The molecule has 1 aromatic heterocycles. The third kappa shape index (κ3) is 2.83. The van der Waals surface area contributed by atoms with Gasteiger partial charge in [0.25, 0.3) is 5.91 Å². The summed E-state index contributed by atoms with van der Waals surface area (Å²) < 4.78 is 2.10. The predicted molar refractivity (Wildman–Crippen MR) is 89.9 cm³/mol. The molecule has 1 amide bonds. The van der Waals surface area contributed by atoms with Crippen molar-refractivity contribution in [2.24, 2.45) is 0 Å². The number of hydrogen-bond donors (Lipinski definition) is 1. The van der Waals surface area contributed by atoms with Gasteiger partial charge >= 0.3 is 0 Å². The zero-order valence-electron chi connectivity index (χ0n) is 10.5. The highest BCUT2D eigenvalue weighted by molar-refractivity contribution is 14.1. The Morgan fingerprint density at radius 2 is 1.90 bits per heavy atom. The Bertz CT molecular complexity index is 736. The maximum atomic E-state index is 12.1. The zero-order valence-corrected chi connectivity index (χ0v) is 13.4. The van der Waals surface area contributed by atoms with Crippen LogP contribution in [0.4, 0.5) is 0 Å². The maximum Gasteiger partial charge on any atom is 0.252 e. The van der Waals surface area contributed by atoms with Gasteiger partial charge in [0.2, 0.25) is 0 Å². The van der Waals surface area contributed by atoms with Crippen LogP contribution in [0.2, 0.25) is 0 Å². The number of nitrogens with one attached hydrogen (secondary N) is 1. The van der Waals surface area contributed by atoms with Gasteiger partial charge in [-0.15, -0.1) is 11.3 Å². The van der Waals surface area contributed by atoms with Crippen LogP contribution in [0, 0.1) is 3.57 Å². The van der Waals surface area contributed by atoms with Crippen LogP contribution in [-0.2, 0) is 6.54 Å². The van der Waals surface area contributed by atoms with Gasteiger partial charge in [-0.1, -0.05) is 24.3 Å². The van der Waals surface area contributed by atoms with E-state index >= 15 is 0 Å². The fourth-order valence-electron chi connectivity index (χ4n) is 1.89. The highest BCUT2D eigenvalue weighted by atomic mass is 127. The number of para-hydroxylation sites is 1. The molecule has 0 radical (unpaired) electrons. The molecule has 100 valence electrons. The van der Waals surface area contributed by atoms with E-state index in [-0.39, 0.29) is 5.91 Å². The molecule has 3 nitrogen and oxygen atoms in total. The maximum absolute atomic E-state index is 12.1. The number of hydrogen-bond acceptors (Lipinski definition) is 3. The van der Waals surface area contributed by atoms with Crippen molar-refractivity contribution in [3.63, 3.8) is 0 Å². The lowest BCUT2D eigenvalue weighted by molar-refractivity contribution is 0.0950. The number of benzene rings is 2. The second-order valence-corrected chi connectivity index (χ2v) is 6.52. The van der Waals surface area contributed by atoms with E-state index in [9.17, 15) is 4.79 Å². The molecule has 0 aliphatic carbocycles. The summed E-state index contributed by atoms with van der Waals surface area (Å²) in [5, 5.41) is 3.84. The van der Waals surface area contributed by atoms with Crippen molar-refractivity contribution >= 4 is 50.1 Å². The average molecular weight is 394 g/mol. The lowest BCUT2D eigenvalue weighted by Crippen LogP contribution is -2.23. The van der Waals surface area contributed by atoms with Crippen LogP contribution in [0.25, 0.3) is 10.2 Å². The number of aromatic nitrogens is 1. The van der Waals surface area contributed by atoms with Gasteiger partial charge in [0.15, 0.2) is 0 Å². The first kappa shape index (κ1) is 13.5. The Hall–Kier alpha value is -1.47. The molecule has 0 aliphatic heterocycles. The third-order valence-corrected chi connectivity index (χ3v) is 4.83. The number of carbonyl (C=O) groups excluding carboxylic acids is 1. The Morgan fingerprint density at radius 3 is 2.70 bits per heavy atom. The molecule has 0 unspecified atom stereocenters. The zero-order chi connectivity index (χ0) is 13.9. The molecule has 1 N–H and O–H groups in total. The van der Waals surface area contributed by atoms with Gasteiger partial charge in [0, 0.05) is 3.57 Å². The monoisotopic (exact) mass is 394 g/mol. The Balaban J connectivity index is 1.73.